The van der Waals surface area contributed by atoms with Crippen molar-refractivity contribution in [1.82, 2.24) is 9.88 Å². The number of amides is 1. The number of benzene rings is 1. The van der Waals surface area contributed by atoms with Crippen molar-refractivity contribution in [1.29, 1.82) is 0 Å². The fraction of sp³-hybridized carbons (Fsp3) is 0.550. The van der Waals surface area contributed by atoms with Gasteiger partial charge in [-0.2, -0.15) is 0 Å². The van der Waals surface area contributed by atoms with Crippen molar-refractivity contribution < 1.29 is 4.79 Å². The first-order chi connectivity index (χ1) is 11.7. The van der Waals surface area contributed by atoms with Gasteiger partial charge in [0.05, 0.1) is 0 Å². The number of aryl methyl sites for hydroxylation is 2. The summed E-state index contributed by atoms with van der Waals surface area (Å²) < 4.78 is 2.49. The minimum absolute atomic E-state index is 0.00574. The highest BCUT2D eigenvalue weighted by atomic mass is 16.1. The van der Waals surface area contributed by atoms with Gasteiger partial charge < -0.3 is 15.6 Å². The van der Waals surface area contributed by atoms with E-state index < -0.39 is 0 Å². The molecule has 1 aromatic heterocycles. The lowest BCUT2D eigenvalue weighted by Crippen LogP contribution is -2.25. The Morgan fingerprint density at radius 1 is 1.42 bits per heavy atom. The molecule has 0 saturated heterocycles. The molecule has 0 radical (unpaired) electrons. The Morgan fingerprint density at radius 3 is 3.00 bits per heavy atom. The zero-order valence-electron chi connectivity index (χ0n) is 14.9. The summed E-state index contributed by atoms with van der Waals surface area (Å²) in [5.41, 5.74) is 10.5. The van der Waals surface area contributed by atoms with E-state index in [1.165, 1.54) is 35.0 Å². The van der Waals surface area contributed by atoms with Crippen LogP contribution in [0.15, 0.2) is 18.2 Å². The number of nitrogens with zero attached hydrogens (tertiary/aromatic N) is 1. The van der Waals surface area contributed by atoms with Gasteiger partial charge >= 0.3 is 0 Å². The predicted octanol–water partition coefficient (Wildman–Crippen LogP) is 3.57. The van der Waals surface area contributed by atoms with Crippen LogP contribution >= 0.6 is 0 Å². The van der Waals surface area contributed by atoms with Crippen molar-refractivity contribution >= 4 is 16.8 Å². The van der Waals surface area contributed by atoms with E-state index in [1.54, 1.807) is 0 Å². The number of nitrogens with two attached hydrogens (primary N) is 1. The van der Waals surface area contributed by atoms with Gasteiger partial charge in [0, 0.05) is 35.2 Å². The van der Waals surface area contributed by atoms with E-state index in [0.717, 1.165) is 31.4 Å². The molecule has 4 heteroatoms. The Bertz CT molecular complexity index is 732. The molecule has 0 aliphatic heterocycles. The van der Waals surface area contributed by atoms with E-state index in [9.17, 15) is 4.79 Å². The van der Waals surface area contributed by atoms with Crippen LogP contribution in [0, 0.1) is 0 Å². The molecule has 0 saturated carbocycles. The van der Waals surface area contributed by atoms with Crippen molar-refractivity contribution in [3.05, 3.63) is 35.0 Å². The average Bonchev–Trinajstić information content (AvgIpc) is 2.90. The molecule has 3 rings (SSSR count). The largest absolute Gasteiger partial charge is 0.352 e. The van der Waals surface area contributed by atoms with Crippen LogP contribution in [-0.4, -0.2) is 23.6 Å². The maximum Gasteiger partial charge on any atom is 0.251 e. The van der Waals surface area contributed by atoms with Crippen molar-refractivity contribution in [3.63, 3.8) is 0 Å². The predicted molar refractivity (Wildman–Crippen MR) is 99.6 cm³/mol. The molecule has 1 aromatic carbocycles. The Balaban J connectivity index is 2.01. The van der Waals surface area contributed by atoms with Crippen molar-refractivity contribution in [2.45, 2.75) is 58.4 Å². The molecule has 4 nitrogen and oxygen atoms in total. The Hall–Kier alpha value is -1.81. The molecule has 2 aromatic rings. The Morgan fingerprint density at radius 2 is 2.25 bits per heavy atom. The van der Waals surface area contributed by atoms with Crippen LogP contribution < -0.4 is 11.1 Å². The monoisotopic (exact) mass is 327 g/mol. The van der Waals surface area contributed by atoms with E-state index in [-0.39, 0.29) is 5.91 Å². The SMILES string of the molecule is CCCn1c2c(c3cc(C(=O)NCCCN)ccc31)CCCC2C. The van der Waals surface area contributed by atoms with Gasteiger partial charge in [0.2, 0.25) is 0 Å². The fourth-order valence-corrected chi connectivity index (χ4v) is 4.00. The van der Waals surface area contributed by atoms with E-state index in [2.05, 4.69) is 35.9 Å². The van der Waals surface area contributed by atoms with Gasteiger partial charge in [-0.1, -0.05) is 13.8 Å². The lowest BCUT2D eigenvalue weighted by Gasteiger charge is -2.22. The molecule has 1 atom stereocenters. The van der Waals surface area contributed by atoms with Gasteiger partial charge in [-0.3, -0.25) is 4.79 Å². The summed E-state index contributed by atoms with van der Waals surface area (Å²) in [7, 11) is 0. The van der Waals surface area contributed by atoms with E-state index >= 15 is 0 Å². The van der Waals surface area contributed by atoms with Crippen LogP contribution in [0.3, 0.4) is 0 Å². The van der Waals surface area contributed by atoms with Gasteiger partial charge in [-0.15, -0.1) is 0 Å². The van der Waals surface area contributed by atoms with Gasteiger partial charge in [-0.25, -0.2) is 0 Å². The number of aromatic nitrogens is 1. The molecule has 1 amide bonds. The molecule has 0 spiro atoms. The van der Waals surface area contributed by atoms with Gasteiger partial charge in [0.25, 0.3) is 5.91 Å². The normalized spacial score (nSPS) is 17.0. The summed E-state index contributed by atoms with van der Waals surface area (Å²) in [5, 5.41) is 4.23. The maximum atomic E-state index is 12.4. The van der Waals surface area contributed by atoms with Gasteiger partial charge in [-0.05, 0) is 68.3 Å². The molecule has 1 aliphatic rings. The van der Waals surface area contributed by atoms with Crippen molar-refractivity contribution in [3.8, 4) is 0 Å². The van der Waals surface area contributed by atoms with Crippen LogP contribution in [0.4, 0.5) is 0 Å². The van der Waals surface area contributed by atoms with Gasteiger partial charge in [0.1, 0.15) is 0 Å². The van der Waals surface area contributed by atoms with Crippen LogP contribution in [0.2, 0.25) is 0 Å². The third kappa shape index (κ3) is 3.07. The van der Waals surface area contributed by atoms with E-state index in [4.69, 9.17) is 5.73 Å². The smallest absolute Gasteiger partial charge is 0.251 e. The molecular formula is C20H29N3O. The Kier molecular flexibility index (Phi) is 5.24. The lowest BCUT2D eigenvalue weighted by atomic mass is 9.87. The molecule has 0 fully saturated rings. The minimum Gasteiger partial charge on any atom is -0.352 e. The van der Waals surface area contributed by atoms with Gasteiger partial charge in [0.15, 0.2) is 0 Å². The highest BCUT2D eigenvalue weighted by Crippen LogP contribution is 2.38. The van der Waals surface area contributed by atoms with Crippen molar-refractivity contribution in [2.75, 3.05) is 13.1 Å². The third-order valence-electron chi connectivity index (χ3n) is 5.12. The van der Waals surface area contributed by atoms with E-state index in [0.29, 0.717) is 19.0 Å². The van der Waals surface area contributed by atoms with Crippen LogP contribution in [0.1, 0.15) is 67.1 Å². The number of carbonyl (C=O) groups excluding carboxylic acids is 1. The number of carbonyl (C=O) groups is 1. The summed E-state index contributed by atoms with van der Waals surface area (Å²) in [6.07, 6.45) is 5.58. The Labute approximate surface area is 144 Å². The first kappa shape index (κ1) is 17.0. The zero-order valence-corrected chi connectivity index (χ0v) is 14.9. The van der Waals surface area contributed by atoms with Crippen molar-refractivity contribution in [2.24, 2.45) is 5.73 Å². The first-order valence-electron chi connectivity index (χ1n) is 9.30. The molecule has 130 valence electrons. The summed E-state index contributed by atoms with van der Waals surface area (Å²) in [6.45, 7) is 6.86. The average molecular weight is 327 g/mol. The van der Waals surface area contributed by atoms with Crippen LogP contribution in [-0.2, 0) is 13.0 Å². The quantitative estimate of drug-likeness (QED) is 0.797. The summed E-state index contributed by atoms with van der Waals surface area (Å²) >= 11 is 0. The molecule has 1 heterocycles. The fourth-order valence-electron chi connectivity index (χ4n) is 4.00. The second kappa shape index (κ2) is 7.39. The number of hydrogen-bond acceptors (Lipinski definition) is 2. The maximum absolute atomic E-state index is 12.4. The molecule has 3 N–H and O–H groups in total. The number of nitrogens with one attached hydrogen (secondary N) is 1. The lowest BCUT2D eigenvalue weighted by molar-refractivity contribution is 0.0953. The number of fused-ring (bicyclic) bond motifs is 3. The summed E-state index contributed by atoms with van der Waals surface area (Å²) in [5.74, 6) is 0.612. The second-order valence-electron chi connectivity index (χ2n) is 6.94. The van der Waals surface area contributed by atoms with E-state index in [1.807, 2.05) is 6.07 Å². The molecule has 0 bridgehead atoms. The second-order valence-corrected chi connectivity index (χ2v) is 6.94. The zero-order chi connectivity index (χ0) is 17.1. The first-order valence-corrected chi connectivity index (χ1v) is 9.30. The van der Waals surface area contributed by atoms with Crippen LogP contribution in [0.25, 0.3) is 10.9 Å². The topological polar surface area (TPSA) is 60.0 Å². The molecule has 1 unspecified atom stereocenters. The number of hydrogen-bond donors (Lipinski definition) is 2. The summed E-state index contributed by atoms with van der Waals surface area (Å²) in [4.78, 5) is 12.4. The van der Waals surface area contributed by atoms with Crippen LogP contribution in [0.5, 0.6) is 0 Å². The summed E-state index contributed by atoms with van der Waals surface area (Å²) in [6, 6.07) is 6.19. The molecule has 24 heavy (non-hydrogen) atoms. The highest BCUT2D eigenvalue weighted by Gasteiger charge is 2.25. The standard InChI is InChI=1S/C20H29N3O/c1-3-12-23-18-9-8-15(20(24)22-11-5-10-21)13-17(18)16-7-4-6-14(2)19(16)23/h8-9,13-14H,3-7,10-12,21H2,1-2H3,(H,22,24). The number of rotatable bonds is 6. The highest BCUT2D eigenvalue weighted by molar-refractivity contribution is 5.99. The molecular weight excluding hydrogens is 298 g/mol. The third-order valence-corrected chi connectivity index (χ3v) is 5.12. The molecule has 1 aliphatic carbocycles. The minimum atomic E-state index is 0.00574.